The molecule has 3 amide bonds. The fourth-order valence-corrected chi connectivity index (χ4v) is 4.72. The molecule has 2 aliphatic heterocycles. The second-order valence-corrected chi connectivity index (χ2v) is 8.79. The number of hydrogen-bond donors (Lipinski definition) is 1. The average Bonchev–Trinajstić information content (AvgIpc) is 3.28. The highest BCUT2D eigenvalue weighted by atomic mass is 16.3. The van der Waals surface area contributed by atoms with Gasteiger partial charge in [0.15, 0.2) is 0 Å². The Kier molecular flexibility index (Phi) is 6.91. The SMILES string of the molecule is Cc1occc1C(=O)N(C)[C@@H](Cc1ccccc1)C1CCN(C(=O)C2=NNC(=O)CC2)CC1. The van der Waals surface area contributed by atoms with E-state index in [9.17, 15) is 14.4 Å². The summed E-state index contributed by atoms with van der Waals surface area (Å²) in [6, 6.07) is 11.9. The molecule has 174 valence electrons. The number of hydrazone groups is 1. The monoisotopic (exact) mass is 450 g/mol. The van der Waals surface area contributed by atoms with Crippen molar-refractivity contribution in [3.8, 4) is 0 Å². The number of furan rings is 1. The van der Waals surface area contributed by atoms with Gasteiger partial charge in [0.1, 0.15) is 11.5 Å². The first-order valence-corrected chi connectivity index (χ1v) is 11.4. The summed E-state index contributed by atoms with van der Waals surface area (Å²) >= 11 is 0. The molecule has 1 aromatic heterocycles. The van der Waals surface area contributed by atoms with Crippen LogP contribution in [-0.2, 0) is 16.0 Å². The minimum atomic E-state index is -0.158. The number of rotatable bonds is 6. The van der Waals surface area contributed by atoms with E-state index in [0.29, 0.717) is 43.0 Å². The molecule has 0 radical (unpaired) electrons. The molecule has 1 saturated heterocycles. The minimum absolute atomic E-state index is 0.00207. The zero-order chi connectivity index (χ0) is 23.4. The molecule has 1 atom stereocenters. The third-order valence-corrected chi connectivity index (χ3v) is 6.72. The number of likely N-dealkylation sites (tertiary alicyclic amines) is 1. The molecule has 1 fully saturated rings. The number of nitrogens with zero attached hydrogens (tertiary/aromatic N) is 3. The summed E-state index contributed by atoms with van der Waals surface area (Å²) in [6.45, 7) is 3.01. The van der Waals surface area contributed by atoms with Crippen molar-refractivity contribution in [3.63, 3.8) is 0 Å². The van der Waals surface area contributed by atoms with Crippen molar-refractivity contribution in [3.05, 3.63) is 59.5 Å². The molecule has 0 aliphatic carbocycles. The Hall–Kier alpha value is -3.42. The molecule has 0 unspecified atom stereocenters. The molecule has 4 rings (SSSR count). The molecule has 1 N–H and O–H groups in total. The van der Waals surface area contributed by atoms with Gasteiger partial charge in [0.05, 0.1) is 11.8 Å². The first-order valence-electron chi connectivity index (χ1n) is 11.4. The van der Waals surface area contributed by atoms with E-state index in [1.54, 1.807) is 19.3 Å². The van der Waals surface area contributed by atoms with Gasteiger partial charge < -0.3 is 14.2 Å². The maximum absolute atomic E-state index is 13.3. The fourth-order valence-electron chi connectivity index (χ4n) is 4.72. The Morgan fingerprint density at radius 1 is 1.18 bits per heavy atom. The average molecular weight is 451 g/mol. The summed E-state index contributed by atoms with van der Waals surface area (Å²) in [5.41, 5.74) is 4.58. The van der Waals surface area contributed by atoms with Crippen LogP contribution in [0.4, 0.5) is 0 Å². The lowest BCUT2D eigenvalue weighted by atomic mass is 9.84. The van der Waals surface area contributed by atoms with Crippen LogP contribution >= 0.6 is 0 Å². The third kappa shape index (κ3) is 5.16. The van der Waals surface area contributed by atoms with Crippen LogP contribution in [-0.4, -0.2) is 59.4 Å². The van der Waals surface area contributed by atoms with Crippen LogP contribution in [0.25, 0.3) is 0 Å². The zero-order valence-electron chi connectivity index (χ0n) is 19.1. The molecule has 0 bridgehead atoms. The van der Waals surface area contributed by atoms with Crippen LogP contribution in [0, 0.1) is 12.8 Å². The number of amides is 3. The number of benzene rings is 1. The van der Waals surface area contributed by atoms with E-state index in [-0.39, 0.29) is 29.7 Å². The van der Waals surface area contributed by atoms with Crippen molar-refractivity contribution >= 4 is 23.4 Å². The Balaban J connectivity index is 1.47. The van der Waals surface area contributed by atoms with E-state index < -0.39 is 0 Å². The lowest BCUT2D eigenvalue weighted by Gasteiger charge is -2.40. The van der Waals surface area contributed by atoms with Crippen LogP contribution in [0.15, 0.2) is 52.2 Å². The van der Waals surface area contributed by atoms with E-state index in [4.69, 9.17) is 4.42 Å². The maximum atomic E-state index is 13.3. The van der Waals surface area contributed by atoms with Gasteiger partial charge in [0.25, 0.3) is 11.8 Å². The fraction of sp³-hybridized carbons (Fsp3) is 0.440. The molecule has 0 spiro atoms. The van der Waals surface area contributed by atoms with Gasteiger partial charge in [-0.15, -0.1) is 0 Å². The lowest BCUT2D eigenvalue weighted by molar-refractivity contribution is -0.126. The van der Waals surface area contributed by atoms with Gasteiger partial charge in [-0.05, 0) is 43.7 Å². The summed E-state index contributed by atoms with van der Waals surface area (Å²) in [5.74, 6) is 0.559. The Morgan fingerprint density at radius 3 is 2.52 bits per heavy atom. The van der Waals surface area contributed by atoms with Gasteiger partial charge in [-0.3, -0.25) is 14.4 Å². The van der Waals surface area contributed by atoms with Crippen molar-refractivity contribution in [2.75, 3.05) is 20.1 Å². The number of nitrogens with one attached hydrogen (secondary N) is 1. The van der Waals surface area contributed by atoms with Crippen LogP contribution in [0.2, 0.25) is 0 Å². The molecule has 2 aliphatic rings. The van der Waals surface area contributed by atoms with Crippen LogP contribution in [0.3, 0.4) is 0 Å². The van der Waals surface area contributed by atoms with Crippen molar-refractivity contribution < 1.29 is 18.8 Å². The Morgan fingerprint density at radius 2 is 1.91 bits per heavy atom. The van der Waals surface area contributed by atoms with E-state index >= 15 is 0 Å². The van der Waals surface area contributed by atoms with E-state index in [1.165, 1.54) is 5.56 Å². The molecule has 8 heteroatoms. The third-order valence-electron chi connectivity index (χ3n) is 6.72. The number of likely N-dealkylation sites (N-methyl/N-ethyl adjacent to an activating group) is 1. The van der Waals surface area contributed by atoms with E-state index in [2.05, 4.69) is 22.7 Å². The highest BCUT2D eigenvalue weighted by Crippen LogP contribution is 2.28. The summed E-state index contributed by atoms with van der Waals surface area (Å²) < 4.78 is 5.35. The number of piperidine rings is 1. The quantitative estimate of drug-likeness (QED) is 0.732. The second-order valence-electron chi connectivity index (χ2n) is 8.79. The van der Waals surface area contributed by atoms with Gasteiger partial charge in [-0.1, -0.05) is 30.3 Å². The molecule has 0 saturated carbocycles. The van der Waals surface area contributed by atoms with Gasteiger partial charge in [0, 0.05) is 39.0 Å². The summed E-state index contributed by atoms with van der Waals surface area (Å²) in [6.07, 6.45) is 4.55. The Labute approximate surface area is 193 Å². The molecule has 8 nitrogen and oxygen atoms in total. The number of hydrogen-bond acceptors (Lipinski definition) is 5. The number of carbonyl (C=O) groups excluding carboxylic acids is 3. The highest BCUT2D eigenvalue weighted by molar-refractivity contribution is 6.39. The zero-order valence-corrected chi connectivity index (χ0v) is 19.1. The Bertz CT molecular complexity index is 1040. The predicted molar refractivity (Wildman–Crippen MR) is 124 cm³/mol. The molecule has 1 aromatic carbocycles. The van der Waals surface area contributed by atoms with Gasteiger partial charge >= 0.3 is 0 Å². The lowest BCUT2D eigenvalue weighted by Crippen LogP contribution is -2.50. The van der Waals surface area contributed by atoms with Crippen molar-refractivity contribution in [2.24, 2.45) is 11.0 Å². The number of aryl methyl sites for hydroxylation is 1. The summed E-state index contributed by atoms with van der Waals surface area (Å²) in [7, 11) is 1.86. The van der Waals surface area contributed by atoms with Gasteiger partial charge in [-0.25, -0.2) is 5.43 Å². The molecule has 33 heavy (non-hydrogen) atoms. The predicted octanol–water partition coefficient (Wildman–Crippen LogP) is 2.78. The van der Waals surface area contributed by atoms with Crippen molar-refractivity contribution in [2.45, 2.75) is 45.1 Å². The normalized spacial score (nSPS) is 17.8. The minimum Gasteiger partial charge on any atom is -0.469 e. The van der Waals surface area contributed by atoms with Crippen LogP contribution < -0.4 is 5.43 Å². The first kappa shape index (κ1) is 22.8. The van der Waals surface area contributed by atoms with Crippen LogP contribution in [0.1, 0.15) is 47.4 Å². The molecular weight excluding hydrogens is 420 g/mol. The standard InChI is InChI=1S/C25H30N4O4/c1-17-20(12-15-33-17)24(31)28(2)22(16-18-6-4-3-5-7-18)19-10-13-29(14-11-19)25(32)21-8-9-23(30)27-26-21/h3-7,12,15,19,22H,8-11,13-14,16H2,1-2H3,(H,27,30)/t22-/m0/s1. The largest absolute Gasteiger partial charge is 0.469 e. The summed E-state index contributed by atoms with van der Waals surface area (Å²) in [5, 5.41) is 3.95. The molecule has 3 heterocycles. The molecular formula is C25H30N4O4. The maximum Gasteiger partial charge on any atom is 0.270 e. The topological polar surface area (TPSA) is 95.2 Å². The summed E-state index contributed by atoms with van der Waals surface area (Å²) in [4.78, 5) is 41.1. The molecule has 2 aromatic rings. The van der Waals surface area contributed by atoms with E-state index in [0.717, 1.165) is 19.3 Å². The van der Waals surface area contributed by atoms with Gasteiger partial charge in [-0.2, -0.15) is 5.10 Å². The number of carbonyl (C=O) groups is 3. The van der Waals surface area contributed by atoms with Crippen molar-refractivity contribution in [1.82, 2.24) is 15.2 Å². The van der Waals surface area contributed by atoms with Crippen LogP contribution in [0.5, 0.6) is 0 Å². The van der Waals surface area contributed by atoms with E-state index in [1.807, 2.05) is 35.0 Å². The van der Waals surface area contributed by atoms with Gasteiger partial charge in [0.2, 0.25) is 5.91 Å². The second kappa shape index (κ2) is 10.0. The highest BCUT2D eigenvalue weighted by Gasteiger charge is 2.34. The van der Waals surface area contributed by atoms with Crippen molar-refractivity contribution in [1.29, 1.82) is 0 Å². The smallest absolute Gasteiger partial charge is 0.270 e. The first-order chi connectivity index (χ1) is 15.9.